The molecule has 0 bridgehead atoms. The van der Waals surface area contributed by atoms with Gasteiger partial charge in [-0.15, -0.1) is 0 Å². The molecule has 0 aromatic heterocycles. The van der Waals surface area contributed by atoms with Crippen LogP contribution in [0.2, 0.25) is 5.02 Å². The van der Waals surface area contributed by atoms with Crippen molar-refractivity contribution in [2.45, 2.75) is 0 Å². The molecule has 1 aromatic rings. The van der Waals surface area contributed by atoms with Crippen molar-refractivity contribution in [1.29, 1.82) is 0 Å². The smallest absolute Gasteiger partial charge is 0.323 e. The van der Waals surface area contributed by atoms with Crippen molar-refractivity contribution in [3.8, 4) is 0 Å². The molecule has 0 saturated heterocycles. The second kappa shape index (κ2) is 6.14. The number of hydrogen-bond donors (Lipinski definition) is 2. The zero-order valence-corrected chi connectivity index (χ0v) is 10.4. The molecule has 1 rings (SSSR count). The van der Waals surface area contributed by atoms with Gasteiger partial charge in [-0.2, -0.15) is 0 Å². The van der Waals surface area contributed by atoms with Gasteiger partial charge in [-0.25, -0.2) is 4.39 Å². The van der Waals surface area contributed by atoms with Crippen LogP contribution in [-0.4, -0.2) is 40.9 Å². The van der Waals surface area contributed by atoms with Crippen LogP contribution in [0.1, 0.15) is 10.4 Å². The summed E-state index contributed by atoms with van der Waals surface area (Å²) in [5.41, 5.74) is 4.80. The first-order valence-electron chi connectivity index (χ1n) is 5.05. The van der Waals surface area contributed by atoms with Crippen molar-refractivity contribution < 1.29 is 23.9 Å². The number of carbonyl (C=O) groups excluding carboxylic acids is 2. The molecule has 102 valence electrons. The minimum Gasteiger partial charge on any atom is -0.480 e. The molecule has 0 unspecified atom stereocenters. The van der Waals surface area contributed by atoms with Crippen molar-refractivity contribution in [3.05, 3.63) is 34.6 Å². The Morgan fingerprint density at radius 3 is 2.42 bits per heavy atom. The Labute approximate surface area is 112 Å². The highest BCUT2D eigenvalue weighted by molar-refractivity contribution is 6.30. The fourth-order valence-electron chi connectivity index (χ4n) is 1.36. The molecule has 19 heavy (non-hydrogen) atoms. The lowest BCUT2D eigenvalue weighted by atomic mass is 10.2. The molecule has 0 fully saturated rings. The van der Waals surface area contributed by atoms with Crippen LogP contribution in [-0.2, 0) is 9.59 Å². The predicted molar refractivity (Wildman–Crippen MR) is 64.1 cm³/mol. The fraction of sp³-hybridized carbons (Fsp3) is 0.182. The lowest BCUT2D eigenvalue weighted by Crippen LogP contribution is -2.41. The third-order valence-corrected chi connectivity index (χ3v) is 2.43. The fourth-order valence-corrected chi connectivity index (χ4v) is 1.48. The molecule has 0 heterocycles. The summed E-state index contributed by atoms with van der Waals surface area (Å²) in [6, 6.07) is 3.25. The zero-order valence-electron chi connectivity index (χ0n) is 9.60. The van der Waals surface area contributed by atoms with Crippen LogP contribution in [0, 0.1) is 5.82 Å². The Balaban J connectivity index is 3.00. The number of halogens is 2. The second-order valence-corrected chi connectivity index (χ2v) is 4.06. The Hall–Kier alpha value is -2.15. The summed E-state index contributed by atoms with van der Waals surface area (Å²) in [5.74, 6) is -3.83. The Morgan fingerprint density at radius 1 is 1.32 bits per heavy atom. The Bertz CT molecular complexity index is 519. The number of carboxylic acids is 1. The topological polar surface area (TPSA) is 101 Å². The first kappa shape index (κ1) is 14.9. The summed E-state index contributed by atoms with van der Waals surface area (Å²) >= 11 is 5.47. The number of carbonyl (C=O) groups is 3. The van der Waals surface area contributed by atoms with Gasteiger partial charge in [0.05, 0.1) is 5.02 Å². The third kappa shape index (κ3) is 4.22. The standard InChI is InChI=1S/C11H10ClFN2O4/c12-7-2-1-6(3-8(7)13)11(19)15(4-9(14)16)5-10(17)18/h1-3H,4-5H2,(H2,14,16)(H,17,18). The van der Waals surface area contributed by atoms with Gasteiger partial charge >= 0.3 is 5.97 Å². The summed E-state index contributed by atoms with van der Waals surface area (Å²) in [6.45, 7) is -1.29. The van der Waals surface area contributed by atoms with Crippen LogP contribution < -0.4 is 5.73 Å². The molecule has 0 atom stereocenters. The van der Waals surface area contributed by atoms with Crippen molar-refractivity contribution in [2.24, 2.45) is 5.73 Å². The molecule has 0 aliphatic rings. The molecule has 0 spiro atoms. The average Bonchev–Trinajstić information content (AvgIpc) is 2.29. The number of hydrogen-bond acceptors (Lipinski definition) is 3. The molecule has 0 aliphatic heterocycles. The van der Waals surface area contributed by atoms with Crippen LogP contribution in [0.25, 0.3) is 0 Å². The Morgan fingerprint density at radius 2 is 1.95 bits per heavy atom. The molecule has 0 radical (unpaired) electrons. The number of benzene rings is 1. The highest BCUT2D eigenvalue weighted by Gasteiger charge is 2.21. The van der Waals surface area contributed by atoms with E-state index in [1.54, 1.807) is 0 Å². The van der Waals surface area contributed by atoms with Crippen LogP contribution in [0.5, 0.6) is 0 Å². The van der Waals surface area contributed by atoms with Crippen LogP contribution >= 0.6 is 11.6 Å². The highest BCUT2D eigenvalue weighted by Crippen LogP contribution is 2.16. The molecular formula is C11H10ClFN2O4. The molecule has 8 heteroatoms. The minimum absolute atomic E-state index is 0.121. The van der Waals surface area contributed by atoms with E-state index in [4.69, 9.17) is 22.4 Å². The van der Waals surface area contributed by atoms with E-state index in [0.717, 1.165) is 12.1 Å². The number of aliphatic carboxylic acids is 1. The summed E-state index contributed by atoms with van der Waals surface area (Å²) in [4.78, 5) is 34.0. The van der Waals surface area contributed by atoms with Gasteiger partial charge < -0.3 is 15.7 Å². The van der Waals surface area contributed by atoms with E-state index >= 15 is 0 Å². The first-order valence-corrected chi connectivity index (χ1v) is 5.43. The molecular weight excluding hydrogens is 279 g/mol. The quantitative estimate of drug-likeness (QED) is 0.823. The van der Waals surface area contributed by atoms with Gasteiger partial charge in [-0.3, -0.25) is 14.4 Å². The zero-order chi connectivity index (χ0) is 14.6. The predicted octanol–water partition coefficient (Wildman–Crippen LogP) is 0.491. The first-order chi connectivity index (χ1) is 8.81. The van der Waals surface area contributed by atoms with Crippen molar-refractivity contribution in [2.75, 3.05) is 13.1 Å². The number of primary amides is 1. The van der Waals surface area contributed by atoms with Gasteiger partial charge in [-0.1, -0.05) is 11.6 Å². The monoisotopic (exact) mass is 288 g/mol. The largest absolute Gasteiger partial charge is 0.480 e. The van der Waals surface area contributed by atoms with Gasteiger partial charge in [0.25, 0.3) is 5.91 Å². The van der Waals surface area contributed by atoms with E-state index in [1.807, 2.05) is 0 Å². The number of amides is 2. The van der Waals surface area contributed by atoms with Crippen LogP contribution in [0.4, 0.5) is 4.39 Å². The van der Waals surface area contributed by atoms with Gasteiger partial charge in [0.1, 0.15) is 18.9 Å². The van der Waals surface area contributed by atoms with Crippen molar-refractivity contribution >= 4 is 29.4 Å². The maximum Gasteiger partial charge on any atom is 0.323 e. The molecule has 1 aromatic carbocycles. The molecule has 3 N–H and O–H groups in total. The van der Waals surface area contributed by atoms with E-state index in [2.05, 4.69) is 0 Å². The second-order valence-electron chi connectivity index (χ2n) is 3.65. The summed E-state index contributed by atoms with van der Waals surface area (Å²) < 4.78 is 13.2. The highest BCUT2D eigenvalue weighted by atomic mass is 35.5. The van der Waals surface area contributed by atoms with Crippen molar-refractivity contribution in [1.82, 2.24) is 4.90 Å². The van der Waals surface area contributed by atoms with Gasteiger partial charge in [0.15, 0.2) is 0 Å². The molecule has 0 aliphatic carbocycles. The average molecular weight is 289 g/mol. The summed E-state index contributed by atoms with van der Waals surface area (Å²) in [6.07, 6.45) is 0. The van der Waals surface area contributed by atoms with Crippen molar-refractivity contribution in [3.63, 3.8) is 0 Å². The molecule has 2 amide bonds. The lowest BCUT2D eigenvalue weighted by Gasteiger charge is -2.19. The number of nitrogens with zero attached hydrogens (tertiary/aromatic N) is 1. The Kier molecular flexibility index (Phi) is 4.82. The summed E-state index contributed by atoms with van der Waals surface area (Å²) in [7, 11) is 0. The maximum atomic E-state index is 13.2. The lowest BCUT2D eigenvalue weighted by molar-refractivity contribution is -0.138. The van der Waals surface area contributed by atoms with Crippen LogP contribution in [0.15, 0.2) is 18.2 Å². The minimum atomic E-state index is -1.32. The number of rotatable bonds is 5. The van der Waals surface area contributed by atoms with E-state index in [-0.39, 0.29) is 10.6 Å². The normalized spacial score (nSPS) is 10.0. The van der Waals surface area contributed by atoms with E-state index in [1.165, 1.54) is 6.07 Å². The van der Waals surface area contributed by atoms with E-state index in [9.17, 15) is 18.8 Å². The molecule has 0 saturated carbocycles. The third-order valence-electron chi connectivity index (χ3n) is 2.13. The summed E-state index contributed by atoms with van der Waals surface area (Å²) in [5, 5.41) is 8.48. The van der Waals surface area contributed by atoms with E-state index < -0.39 is 36.7 Å². The van der Waals surface area contributed by atoms with Gasteiger partial charge in [0.2, 0.25) is 5.91 Å². The maximum absolute atomic E-state index is 13.2. The number of carboxylic acid groups (broad SMARTS) is 1. The van der Waals surface area contributed by atoms with E-state index in [0.29, 0.717) is 4.90 Å². The van der Waals surface area contributed by atoms with Gasteiger partial charge in [-0.05, 0) is 18.2 Å². The van der Waals surface area contributed by atoms with Gasteiger partial charge in [0, 0.05) is 5.56 Å². The van der Waals surface area contributed by atoms with Crippen LogP contribution in [0.3, 0.4) is 0 Å². The SMILES string of the molecule is NC(=O)CN(CC(=O)O)C(=O)c1ccc(Cl)c(F)c1. The molecule has 6 nitrogen and oxygen atoms in total. The number of nitrogens with two attached hydrogens (primary N) is 1.